The molecule has 1 amide bonds. The van der Waals surface area contributed by atoms with Crippen LogP contribution in [0.3, 0.4) is 0 Å². The Morgan fingerprint density at radius 2 is 2.16 bits per heavy atom. The summed E-state index contributed by atoms with van der Waals surface area (Å²) in [6, 6.07) is 2.10. The van der Waals surface area contributed by atoms with Gasteiger partial charge in [-0.25, -0.2) is 0 Å². The number of nitrogens with zero attached hydrogens (tertiary/aromatic N) is 1. The molecular weight excluding hydrogens is 238 g/mol. The predicted octanol–water partition coefficient (Wildman–Crippen LogP) is 2.68. The van der Waals surface area contributed by atoms with Crippen LogP contribution in [0.4, 0.5) is 5.69 Å². The molecule has 0 bridgehead atoms. The summed E-state index contributed by atoms with van der Waals surface area (Å²) in [6.45, 7) is 4.50. The van der Waals surface area contributed by atoms with Gasteiger partial charge in [0.2, 0.25) is 0 Å². The molecule has 1 aliphatic carbocycles. The van der Waals surface area contributed by atoms with Crippen LogP contribution in [0.5, 0.6) is 0 Å². The maximum absolute atomic E-state index is 12.4. The normalized spacial score (nSPS) is 26.8. The van der Waals surface area contributed by atoms with Crippen molar-refractivity contribution in [1.29, 1.82) is 0 Å². The van der Waals surface area contributed by atoms with Crippen molar-refractivity contribution in [1.82, 2.24) is 10.3 Å². The van der Waals surface area contributed by atoms with Crippen molar-refractivity contribution >= 4 is 11.6 Å². The average Bonchev–Trinajstić information content (AvgIpc) is 2.43. The van der Waals surface area contributed by atoms with Crippen molar-refractivity contribution in [2.24, 2.45) is 11.8 Å². The standard InChI is InChI=1S/C15H23N3O/c1-10-5-4-6-13(11(10)2)18-15(19)12-9-17-8-7-14(12)16-3/h7-11,13H,4-6H2,1-3H3,(H,16,17)(H,18,19). The Kier molecular flexibility index (Phi) is 4.40. The quantitative estimate of drug-likeness (QED) is 0.879. The van der Waals surface area contributed by atoms with Gasteiger partial charge in [-0.1, -0.05) is 26.7 Å². The number of rotatable bonds is 3. The van der Waals surface area contributed by atoms with Gasteiger partial charge in [0, 0.05) is 31.2 Å². The molecule has 2 rings (SSSR count). The lowest BCUT2D eigenvalue weighted by atomic mass is 9.78. The van der Waals surface area contributed by atoms with E-state index in [-0.39, 0.29) is 11.9 Å². The number of nitrogens with one attached hydrogen (secondary N) is 2. The van der Waals surface area contributed by atoms with E-state index in [0.717, 1.165) is 12.1 Å². The van der Waals surface area contributed by atoms with E-state index in [0.29, 0.717) is 17.4 Å². The van der Waals surface area contributed by atoms with Crippen molar-refractivity contribution in [3.8, 4) is 0 Å². The third-order valence-electron chi connectivity index (χ3n) is 4.36. The molecule has 1 fully saturated rings. The first-order valence-corrected chi connectivity index (χ1v) is 7.06. The van der Waals surface area contributed by atoms with Crippen molar-refractivity contribution in [2.45, 2.75) is 39.2 Å². The molecule has 1 aliphatic rings. The SMILES string of the molecule is CNc1ccncc1C(=O)NC1CCCC(C)C1C. The summed E-state index contributed by atoms with van der Waals surface area (Å²) in [5.74, 6) is 1.19. The molecule has 1 saturated carbocycles. The molecule has 104 valence electrons. The summed E-state index contributed by atoms with van der Waals surface area (Å²) >= 11 is 0. The lowest BCUT2D eigenvalue weighted by Gasteiger charge is -2.34. The van der Waals surface area contributed by atoms with Crippen molar-refractivity contribution in [3.05, 3.63) is 24.0 Å². The second-order valence-corrected chi connectivity index (χ2v) is 5.52. The first-order valence-electron chi connectivity index (χ1n) is 7.06. The van der Waals surface area contributed by atoms with Crippen LogP contribution >= 0.6 is 0 Å². The molecule has 4 heteroatoms. The smallest absolute Gasteiger partial charge is 0.255 e. The van der Waals surface area contributed by atoms with Gasteiger partial charge >= 0.3 is 0 Å². The van der Waals surface area contributed by atoms with Gasteiger partial charge < -0.3 is 10.6 Å². The van der Waals surface area contributed by atoms with E-state index < -0.39 is 0 Å². The molecule has 3 atom stereocenters. The van der Waals surface area contributed by atoms with Crippen LogP contribution in [0.1, 0.15) is 43.5 Å². The van der Waals surface area contributed by atoms with Crippen LogP contribution < -0.4 is 10.6 Å². The van der Waals surface area contributed by atoms with Gasteiger partial charge in [-0.05, 0) is 24.3 Å². The number of carbonyl (C=O) groups is 1. The first kappa shape index (κ1) is 13.8. The van der Waals surface area contributed by atoms with Crippen LogP contribution in [0.15, 0.2) is 18.5 Å². The van der Waals surface area contributed by atoms with E-state index in [1.165, 1.54) is 12.8 Å². The highest BCUT2D eigenvalue weighted by Crippen LogP contribution is 2.29. The van der Waals surface area contributed by atoms with E-state index in [1.807, 2.05) is 13.1 Å². The fourth-order valence-corrected chi connectivity index (χ4v) is 2.83. The van der Waals surface area contributed by atoms with Crippen LogP contribution in [-0.2, 0) is 0 Å². The molecule has 2 N–H and O–H groups in total. The van der Waals surface area contributed by atoms with Crippen LogP contribution in [0.25, 0.3) is 0 Å². The van der Waals surface area contributed by atoms with Gasteiger partial charge in [-0.15, -0.1) is 0 Å². The minimum atomic E-state index is -0.0246. The van der Waals surface area contributed by atoms with Crippen LogP contribution in [0, 0.1) is 11.8 Å². The maximum atomic E-state index is 12.4. The summed E-state index contributed by atoms with van der Waals surface area (Å²) in [7, 11) is 1.82. The Hall–Kier alpha value is -1.58. The first-order chi connectivity index (χ1) is 9.13. The highest BCUT2D eigenvalue weighted by molar-refractivity contribution is 5.99. The second-order valence-electron chi connectivity index (χ2n) is 5.52. The zero-order chi connectivity index (χ0) is 13.8. The fourth-order valence-electron chi connectivity index (χ4n) is 2.83. The van der Waals surface area contributed by atoms with E-state index in [2.05, 4.69) is 29.5 Å². The summed E-state index contributed by atoms with van der Waals surface area (Å²) in [6.07, 6.45) is 6.85. The van der Waals surface area contributed by atoms with E-state index in [9.17, 15) is 4.79 Å². The van der Waals surface area contributed by atoms with Crippen LogP contribution in [-0.4, -0.2) is 24.0 Å². The number of anilines is 1. The third kappa shape index (κ3) is 3.06. The zero-order valence-electron chi connectivity index (χ0n) is 11.9. The summed E-state index contributed by atoms with van der Waals surface area (Å²) in [5, 5.41) is 6.20. The lowest BCUT2D eigenvalue weighted by molar-refractivity contribution is 0.0891. The minimum Gasteiger partial charge on any atom is -0.387 e. The molecular formula is C15H23N3O. The second kappa shape index (κ2) is 6.04. The Balaban J connectivity index is 2.08. The van der Waals surface area contributed by atoms with Crippen molar-refractivity contribution in [3.63, 3.8) is 0 Å². The van der Waals surface area contributed by atoms with E-state index >= 15 is 0 Å². The fraction of sp³-hybridized carbons (Fsp3) is 0.600. The van der Waals surface area contributed by atoms with Gasteiger partial charge in [0.1, 0.15) is 0 Å². The summed E-state index contributed by atoms with van der Waals surface area (Å²) in [4.78, 5) is 16.4. The predicted molar refractivity (Wildman–Crippen MR) is 77.2 cm³/mol. The number of aromatic nitrogens is 1. The number of pyridine rings is 1. The molecule has 0 aliphatic heterocycles. The molecule has 0 aromatic carbocycles. The Morgan fingerprint density at radius 3 is 2.89 bits per heavy atom. The average molecular weight is 261 g/mol. The highest BCUT2D eigenvalue weighted by Gasteiger charge is 2.28. The maximum Gasteiger partial charge on any atom is 0.255 e. The highest BCUT2D eigenvalue weighted by atomic mass is 16.1. The Morgan fingerprint density at radius 1 is 1.37 bits per heavy atom. The van der Waals surface area contributed by atoms with Crippen molar-refractivity contribution in [2.75, 3.05) is 12.4 Å². The number of carbonyl (C=O) groups excluding carboxylic acids is 1. The molecule has 4 nitrogen and oxygen atoms in total. The van der Waals surface area contributed by atoms with Crippen molar-refractivity contribution < 1.29 is 4.79 Å². The molecule has 0 radical (unpaired) electrons. The van der Waals surface area contributed by atoms with Gasteiger partial charge in [0.25, 0.3) is 5.91 Å². The van der Waals surface area contributed by atoms with Gasteiger partial charge in [0.05, 0.1) is 5.56 Å². The largest absolute Gasteiger partial charge is 0.387 e. The van der Waals surface area contributed by atoms with Gasteiger partial charge in [-0.3, -0.25) is 9.78 Å². The molecule has 0 spiro atoms. The number of amides is 1. The monoisotopic (exact) mass is 261 g/mol. The Labute approximate surface area is 115 Å². The zero-order valence-corrected chi connectivity index (χ0v) is 11.9. The molecule has 0 saturated heterocycles. The summed E-state index contributed by atoms with van der Waals surface area (Å²) < 4.78 is 0. The summed E-state index contributed by atoms with van der Waals surface area (Å²) in [5.41, 5.74) is 1.44. The molecule has 1 aromatic rings. The lowest BCUT2D eigenvalue weighted by Crippen LogP contribution is -2.43. The molecule has 1 heterocycles. The molecule has 19 heavy (non-hydrogen) atoms. The third-order valence-corrected chi connectivity index (χ3v) is 4.36. The Bertz CT molecular complexity index is 447. The minimum absolute atomic E-state index is 0.0246. The number of hydrogen-bond donors (Lipinski definition) is 2. The molecule has 3 unspecified atom stereocenters. The number of hydrogen-bond acceptors (Lipinski definition) is 3. The molecule has 1 aromatic heterocycles. The van der Waals surface area contributed by atoms with Gasteiger partial charge in [0.15, 0.2) is 0 Å². The van der Waals surface area contributed by atoms with Gasteiger partial charge in [-0.2, -0.15) is 0 Å². The van der Waals surface area contributed by atoms with Crippen LogP contribution in [0.2, 0.25) is 0 Å². The topological polar surface area (TPSA) is 54.0 Å². The van der Waals surface area contributed by atoms with E-state index in [1.54, 1.807) is 12.4 Å². The van der Waals surface area contributed by atoms with E-state index in [4.69, 9.17) is 0 Å².